The number of likely N-dealkylation sites (tertiary alicyclic amines) is 1. The Morgan fingerprint density at radius 1 is 1.39 bits per heavy atom. The van der Waals surface area contributed by atoms with Crippen LogP contribution < -0.4 is 0 Å². The minimum absolute atomic E-state index is 0.0937. The molecule has 1 rings (SSSR count). The lowest BCUT2D eigenvalue weighted by Gasteiger charge is -2.35. The van der Waals surface area contributed by atoms with Crippen molar-refractivity contribution in [3.8, 4) is 6.07 Å². The number of nitriles is 1. The molecule has 0 aromatic carbocycles. The highest BCUT2D eigenvalue weighted by molar-refractivity contribution is 4.91. The molecule has 0 aliphatic carbocycles. The molecule has 1 saturated heterocycles. The predicted octanol–water partition coefficient (Wildman–Crippen LogP) is 2.80. The molecule has 0 spiro atoms. The van der Waals surface area contributed by atoms with Gasteiger partial charge in [-0.1, -0.05) is 13.3 Å². The molecule has 2 unspecified atom stereocenters. The van der Waals surface area contributed by atoms with Crippen LogP contribution in [0.25, 0.3) is 0 Å². The Kier molecular flexibility index (Phi) is 6.11. The number of hydrogen-bond donors (Lipinski definition) is 1. The van der Waals surface area contributed by atoms with Crippen LogP contribution in [0.15, 0.2) is 0 Å². The number of piperidine rings is 1. The van der Waals surface area contributed by atoms with Crippen molar-refractivity contribution < 1.29 is 5.11 Å². The van der Waals surface area contributed by atoms with Crippen LogP contribution in [-0.4, -0.2) is 35.7 Å². The molecule has 0 aromatic heterocycles. The van der Waals surface area contributed by atoms with Gasteiger partial charge in [0, 0.05) is 13.1 Å². The van der Waals surface area contributed by atoms with Crippen molar-refractivity contribution in [2.45, 2.75) is 59.0 Å². The highest BCUT2D eigenvalue weighted by Crippen LogP contribution is 2.23. The van der Waals surface area contributed by atoms with E-state index in [4.69, 9.17) is 5.26 Å². The van der Waals surface area contributed by atoms with Gasteiger partial charge in [-0.15, -0.1) is 0 Å². The van der Waals surface area contributed by atoms with Gasteiger partial charge in [0.05, 0.1) is 17.6 Å². The second-order valence-electron chi connectivity index (χ2n) is 6.28. The summed E-state index contributed by atoms with van der Waals surface area (Å²) in [4.78, 5) is 2.47. The van der Waals surface area contributed by atoms with Crippen LogP contribution in [-0.2, 0) is 0 Å². The maximum Gasteiger partial charge on any atom is 0.0683 e. The van der Waals surface area contributed by atoms with Crippen molar-refractivity contribution in [3.05, 3.63) is 0 Å². The number of hydrogen-bond acceptors (Lipinski definition) is 3. The summed E-state index contributed by atoms with van der Waals surface area (Å²) in [7, 11) is 0. The molecule has 18 heavy (non-hydrogen) atoms. The zero-order chi connectivity index (χ0) is 13.6. The minimum Gasteiger partial charge on any atom is -0.393 e. The molecule has 2 atom stereocenters. The first-order valence-electron chi connectivity index (χ1n) is 7.30. The molecule has 1 heterocycles. The van der Waals surface area contributed by atoms with E-state index in [1.165, 1.54) is 0 Å². The van der Waals surface area contributed by atoms with E-state index < -0.39 is 0 Å². The molecule has 1 N–H and O–H groups in total. The average molecular weight is 252 g/mol. The first kappa shape index (κ1) is 15.5. The van der Waals surface area contributed by atoms with Gasteiger partial charge in [-0.2, -0.15) is 5.26 Å². The van der Waals surface area contributed by atoms with Crippen LogP contribution in [0, 0.1) is 22.7 Å². The zero-order valence-corrected chi connectivity index (χ0v) is 12.2. The SMILES string of the molecule is CCC1CN(CCCCC(C)(C)C#N)CCC1O. The molecule has 1 aliphatic rings. The van der Waals surface area contributed by atoms with E-state index in [1.807, 2.05) is 13.8 Å². The second kappa shape index (κ2) is 7.11. The van der Waals surface area contributed by atoms with Crippen LogP contribution in [0.5, 0.6) is 0 Å². The fourth-order valence-electron chi connectivity index (χ4n) is 2.66. The van der Waals surface area contributed by atoms with Crippen molar-refractivity contribution in [2.24, 2.45) is 11.3 Å². The summed E-state index contributed by atoms with van der Waals surface area (Å²) < 4.78 is 0. The van der Waals surface area contributed by atoms with Crippen LogP contribution in [0.4, 0.5) is 0 Å². The van der Waals surface area contributed by atoms with Gasteiger partial charge < -0.3 is 10.0 Å². The van der Waals surface area contributed by atoms with E-state index in [1.54, 1.807) is 0 Å². The third kappa shape index (κ3) is 4.96. The molecule has 1 aliphatic heterocycles. The Morgan fingerprint density at radius 2 is 2.11 bits per heavy atom. The van der Waals surface area contributed by atoms with Gasteiger partial charge in [0.15, 0.2) is 0 Å². The quantitative estimate of drug-likeness (QED) is 0.739. The van der Waals surface area contributed by atoms with Gasteiger partial charge >= 0.3 is 0 Å². The smallest absolute Gasteiger partial charge is 0.0683 e. The van der Waals surface area contributed by atoms with E-state index in [-0.39, 0.29) is 11.5 Å². The number of aliphatic hydroxyl groups is 1. The summed E-state index contributed by atoms with van der Waals surface area (Å²) in [5.74, 6) is 0.453. The summed E-state index contributed by atoms with van der Waals surface area (Å²) in [6.07, 6.45) is 5.16. The van der Waals surface area contributed by atoms with Crippen LogP contribution in [0.1, 0.15) is 52.9 Å². The number of nitrogens with zero attached hydrogens (tertiary/aromatic N) is 2. The van der Waals surface area contributed by atoms with E-state index in [0.717, 1.165) is 51.7 Å². The van der Waals surface area contributed by atoms with Crippen molar-refractivity contribution in [1.82, 2.24) is 4.90 Å². The second-order valence-corrected chi connectivity index (χ2v) is 6.28. The summed E-state index contributed by atoms with van der Waals surface area (Å²) in [5, 5.41) is 18.8. The molecule has 0 amide bonds. The normalized spacial score (nSPS) is 25.9. The summed E-state index contributed by atoms with van der Waals surface area (Å²) >= 11 is 0. The Bertz CT molecular complexity index is 283. The number of unbranched alkanes of at least 4 members (excludes halogenated alkanes) is 1. The molecule has 3 heteroatoms. The lowest BCUT2D eigenvalue weighted by atomic mass is 9.89. The standard InChI is InChI=1S/C15H28N2O/c1-4-13-11-17(10-7-14(13)18)9-6-5-8-15(2,3)12-16/h13-14,18H,4-11H2,1-3H3. The van der Waals surface area contributed by atoms with Crippen molar-refractivity contribution in [2.75, 3.05) is 19.6 Å². The number of rotatable bonds is 6. The van der Waals surface area contributed by atoms with Crippen molar-refractivity contribution >= 4 is 0 Å². The monoisotopic (exact) mass is 252 g/mol. The topological polar surface area (TPSA) is 47.3 Å². The van der Waals surface area contributed by atoms with Gasteiger partial charge in [-0.25, -0.2) is 0 Å². The van der Waals surface area contributed by atoms with Crippen LogP contribution >= 0.6 is 0 Å². The Balaban J connectivity index is 2.19. The molecule has 3 nitrogen and oxygen atoms in total. The molecular formula is C15H28N2O. The highest BCUT2D eigenvalue weighted by Gasteiger charge is 2.25. The van der Waals surface area contributed by atoms with E-state index >= 15 is 0 Å². The van der Waals surface area contributed by atoms with Gasteiger partial charge in [-0.3, -0.25) is 0 Å². The zero-order valence-electron chi connectivity index (χ0n) is 12.2. The van der Waals surface area contributed by atoms with Gasteiger partial charge in [-0.05, 0) is 52.0 Å². The summed E-state index contributed by atoms with van der Waals surface area (Å²) in [6, 6.07) is 2.36. The van der Waals surface area contributed by atoms with Crippen molar-refractivity contribution in [3.63, 3.8) is 0 Å². The van der Waals surface area contributed by atoms with E-state index in [9.17, 15) is 5.11 Å². The predicted molar refractivity (Wildman–Crippen MR) is 74.1 cm³/mol. The lowest BCUT2D eigenvalue weighted by molar-refractivity contribution is 0.0245. The molecular weight excluding hydrogens is 224 g/mol. The highest BCUT2D eigenvalue weighted by atomic mass is 16.3. The molecule has 0 bridgehead atoms. The van der Waals surface area contributed by atoms with Gasteiger partial charge in [0.1, 0.15) is 0 Å². The van der Waals surface area contributed by atoms with Crippen LogP contribution in [0.2, 0.25) is 0 Å². The first-order valence-corrected chi connectivity index (χ1v) is 7.30. The maximum absolute atomic E-state index is 9.83. The Morgan fingerprint density at radius 3 is 2.72 bits per heavy atom. The number of aliphatic hydroxyl groups excluding tert-OH is 1. The van der Waals surface area contributed by atoms with Gasteiger partial charge in [0.25, 0.3) is 0 Å². The third-order valence-electron chi connectivity index (χ3n) is 4.13. The minimum atomic E-state index is -0.177. The molecule has 104 valence electrons. The van der Waals surface area contributed by atoms with E-state index in [0.29, 0.717) is 5.92 Å². The summed E-state index contributed by atoms with van der Waals surface area (Å²) in [5.41, 5.74) is -0.177. The molecule has 1 fully saturated rings. The Hall–Kier alpha value is -0.590. The average Bonchev–Trinajstić information content (AvgIpc) is 2.36. The fourth-order valence-corrected chi connectivity index (χ4v) is 2.66. The largest absolute Gasteiger partial charge is 0.393 e. The van der Waals surface area contributed by atoms with E-state index in [2.05, 4.69) is 17.9 Å². The molecule has 0 radical (unpaired) electrons. The van der Waals surface area contributed by atoms with Crippen LogP contribution in [0.3, 0.4) is 0 Å². The van der Waals surface area contributed by atoms with Crippen molar-refractivity contribution in [1.29, 1.82) is 5.26 Å². The molecule has 0 aromatic rings. The summed E-state index contributed by atoms with van der Waals surface area (Å²) in [6.45, 7) is 9.37. The van der Waals surface area contributed by atoms with Gasteiger partial charge in [0.2, 0.25) is 0 Å². The third-order valence-corrected chi connectivity index (χ3v) is 4.13. The first-order chi connectivity index (χ1) is 8.48. The Labute approximate surface area is 112 Å². The maximum atomic E-state index is 9.83. The lowest BCUT2D eigenvalue weighted by Crippen LogP contribution is -2.43. The molecule has 0 saturated carbocycles. The fraction of sp³-hybridized carbons (Fsp3) is 0.933.